The molecule has 0 aromatic carbocycles. The van der Waals surface area contributed by atoms with Crippen LogP contribution in [0.3, 0.4) is 0 Å². The van der Waals surface area contributed by atoms with Gasteiger partial charge in [0.25, 0.3) is 0 Å². The van der Waals surface area contributed by atoms with E-state index in [1.165, 1.54) is 5.38 Å². The molecule has 2 heteroatoms. The minimum atomic E-state index is -1.40. The largest absolute Gasteiger partial charge is 0.474 e. The van der Waals surface area contributed by atoms with Crippen LogP contribution in [0.5, 0.6) is 0 Å². The van der Waals surface area contributed by atoms with Crippen molar-refractivity contribution in [3.63, 3.8) is 0 Å². The molecular weight excluding hydrogens is 164 g/mol. The van der Waals surface area contributed by atoms with E-state index in [1.807, 2.05) is 6.07 Å². The van der Waals surface area contributed by atoms with Gasteiger partial charge in [0.1, 0.15) is 8.07 Å². The van der Waals surface area contributed by atoms with Crippen LogP contribution in [0.1, 0.15) is 20.8 Å². The maximum absolute atomic E-state index is 5.49. The van der Waals surface area contributed by atoms with Crippen LogP contribution in [0.2, 0.25) is 18.1 Å². The van der Waals surface area contributed by atoms with Crippen molar-refractivity contribution in [2.75, 3.05) is 0 Å². The minimum absolute atomic E-state index is 0.366. The van der Waals surface area contributed by atoms with E-state index in [0.717, 1.165) is 0 Å². The zero-order chi connectivity index (χ0) is 9.41. The van der Waals surface area contributed by atoms with Gasteiger partial charge in [-0.15, -0.1) is 0 Å². The molecule has 0 aliphatic rings. The molecule has 1 heterocycles. The van der Waals surface area contributed by atoms with Crippen molar-refractivity contribution in [3.8, 4) is 0 Å². The Morgan fingerprint density at radius 3 is 2.17 bits per heavy atom. The Balaban J connectivity index is 3.02. The van der Waals surface area contributed by atoms with Crippen molar-refractivity contribution in [2.24, 2.45) is 0 Å². The standard InChI is InChI=1S/C10H18OSi/c1-10(2,3)12(4,5)9-7-6-8-11-9/h6-8H,1-5H3. The predicted molar refractivity (Wildman–Crippen MR) is 55.5 cm³/mol. The first-order valence-corrected chi connectivity index (χ1v) is 7.40. The van der Waals surface area contributed by atoms with Gasteiger partial charge in [-0.05, 0) is 17.2 Å². The lowest BCUT2D eigenvalue weighted by Gasteiger charge is -2.34. The summed E-state index contributed by atoms with van der Waals surface area (Å²) in [5.74, 6) is 0. The molecule has 1 nitrogen and oxygen atoms in total. The normalized spacial score (nSPS) is 13.4. The molecule has 0 amide bonds. The monoisotopic (exact) mass is 182 g/mol. The summed E-state index contributed by atoms with van der Waals surface area (Å²) in [6.45, 7) is 11.6. The van der Waals surface area contributed by atoms with Crippen molar-refractivity contribution in [1.29, 1.82) is 0 Å². The second-order valence-electron chi connectivity index (χ2n) is 4.85. The Bertz CT molecular complexity index is 241. The Morgan fingerprint density at radius 2 is 1.83 bits per heavy atom. The summed E-state index contributed by atoms with van der Waals surface area (Å²) in [6.07, 6.45) is 1.77. The lowest BCUT2D eigenvalue weighted by atomic mass is 10.2. The Labute approximate surface area is 75.8 Å². The molecule has 0 radical (unpaired) electrons. The lowest BCUT2D eigenvalue weighted by Crippen LogP contribution is -2.48. The quantitative estimate of drug-likeness (QED) is 0.609. The summed E-state index contributed by atoms with van der Waals surface area (Å²) in [5.41, 5.74) is 0. The third-order valence-corrected chi connectivity index (χ3v) is 8.28. The molecule has 0 bridgehead atoms. The van der Waals surface area contributed by atoms with Gasteiger partial charge in [-0.2, -0.15) is 0 Å². The summed E-state index contributed by atoms with van der Waals surface area (Å²) in [4.78, 5) is 0. The van der Waals surface area contributed by atoms with Crippen LogP contribution in [0.25, 0.3) is 0 Å². The van der Waals surface area contributed by atoms with Gasteiger partial charge < -0.3 is 4.42 Å². The van der Waals surface area contributed by atoms with E-state index in [-0.39, 0.29) is 0 Å². The summed E-state index contributed by atoms with van der Waals surface area (Å²) in [6, 6.07) is 4.09. The van der Waals surface area contributed by atoms with E-state index in [1.54, 1.807) is 6.26 Å². The highest BCUT2D eigenvalue weighted by molar-refractivity contribution is 6.91. The maximum atomic E-state index is 5.49. The number of hydrogen-bond acceptors (Lipinski definition) is 1. The predicted octanol–water partition coefficient (Wildman–Crippen LogP) is 3.00. The molecule has 0 spiro atoms. The van der Waals surface area contributed by atoms with E-state index in [9.17, 15) is 0 Å². The SMILES string of the molecule is CC(C)(C)[Si](C)(C)c1ccco1. The molecule has 1 rings (SSSR count). The smallest absolute Gasteiger partial charge is 0.131 e. The second kappa shape index (κ2) is 2.77. The van der Waals surface area contributed by atoms with Crippen molar-refractivity contribution in [1.82, 2.24) is 0 Å². The zero-order valence-corrected chi connectivity index (χ0v) is 9.64. The van der Waals surface area contributed by atoms with Crippen molar-refractivity contribution in [3.05, 3.63) is 18.4 Å². The topological polar surface area (TPSA) is 13.1 Å². The molecule has 0 fully saturated rings. The second-order valence-corrected chi connectivity index (χ2v) is 10.1. The third kappa shape index (κ3) is 1.48. The molecule has 0 aliphatic heterocycles. The molecule has 0 N–H and O–H groups in total. The molecular formula is C10H18OSi. The average Bonchev–Trinajstić information content (AvgIpc) is 2.34. The molecule has 0 saturated carbocycles. The van der Waals surface area contributed by atoms with E-state index in [0.29, 0.717) is 5.04 Å². The Morgan fingerprint density at radius 1 is 1.25 bits per heavy atom. The van der Waals surface area contributed by atoms with Gasteiger partial charge >= 0.3 is 0 Å². The summed E-state index contributed by atoms with van der Waals surface area (Å²) in [7, 11) is -1.40. The average molecular weight is 182 g/mol. The van der Waals surface area contributed by atoms with Gasteiger partial charge in [-0.25, -0.2) is 0 Å². The van der Waals surface area contributed by atoms with E-state index in [2.05, 4.69) is 39.9 Å². The van der Waals surface area contributed by atoms with Crippen molar-refractivity contribution >= 4 is 13.5 Å². The molecule has 0 saturated heterocycles. The van der Waals surface area contributed by atoms with Gasteiger partial charge in [0.15, 0.2) is 0 Å². The van der Waals surface area contributed by atoms with E-state index < -0.39 is 8.07 Å². The molecule has 0 atom stereocenters. The van der Waals surface area contributed by atoms with Gasteiger partial charge in [0.05, 0.1) is 11.6 Å². The fourth-order valence-corrected chi connectivity index (χ4v) is 2.62. The molecule has 1 aromatic heterocycles. The van der Waals surface area contributed by atoms with Crippen LogP contribution in [-0.4, -0.2) is 8.07 Å². The van der Waals surface area contributed by atoms with E-state index >= 15 is 0 Å². The summed E-state index contributed by atoms with van der Waals surface area (Å²) in [5, 5.41) is 1.57. The summed E-state index contributed by atoms with van der Waals surface area (Å²) < 4.78 is 5.49. The highest BCUT2D eigenvalue weighted by atomic mass is 28.3. The van der Waals surface area contributed by atoms with Crippen LogP contribution < -0.4 is 5.38 Å². The molecule has 12 heavy (non-hydrogen) atoms. The first kappa shape index (κ1) is 9.58. The van der Waals surface area contributed by atoms with Gasteiger partial charge in [-0.1, -0.05) is 33.9 Å². The number of rotatable bonds is 1. The zero-order valence-electron chi connectivity index (χ0n) is 8.64. The van der Waals surface area contributed by atoms with Gasteiger partial charge in [0, 0.05) is 0 Å². The fourth-order valence-electron chi connectivity index (χ4n) is 1.00. The lowest BCUT2D eigenvalue weighted by molar-refractivity contribution is 0.587. The molecule has 0 unspecified atom stereocenters. The van der Waals surface area contributed by atoms with E-state index in [4.69, 9.17) is 4.42 Å². The number of furan rings is 1. The first-order chi connectivity index (χ1) is 5.36. The fraction of sp³-hybridized carbons (Fsp3) is 0.600. The molecule has 68 valence electrons. The van der Waals surface area contributed by atoms with Crippen molar-refractivity contribution < 1.29 is 4.42 Å². The molecule has 1 aromatic rings. The highest BCUT2D eigenvalue weighted by Gasteiger charge is 2.39. The third-order valence-electron chi connectivity index (χ3n) is 3.01. The minimum Gasteiger partial charge on any atom is -0.474 e. The van der Waals surface area contributed by atoms with Crippen LogP contribution in [0.4, 0.5) is 0 Å². The Hall–Kier alpha value is -0.503. The Kier molecular flexibility index (Phi) is 2.21. The molecule has 0 aliphatic carbocycles. The highest BCUT2D eigenvalue weighted by Crippen LogP contribution is 2.35. The first-order valence-electron chi connectivity index (χ1n) is 4.40. The summed E-state index contributed by atoms with van der Waals surface area (Å²) >= 11 is 0. The van der Waals surface area contributed by atoms with Crippen LogP contribution >= 0.6 is 0 Å². The maximum Gasteiger partial charge on any atom is 0.131 e. The van der Waals surface area contributed by atoms with Crippen molar-refractivity contribution in [2.45, 2.75) is 38.9 Å². The van der Waals surface area contributed by atoms with Crippen LogP contribution in [0, 0.1) is 0 Å². The number of hydrogen-bond donors (Lipinski definition) is 0. The van der Waals surface area contributed by atoms with Gasteiger partial charge in [0.2, 0.25) is 0 Å². The van der Waals surface area contributed by atoms with Crippen LogP contribution in [0.15, 0.2) is 22.8 Å². The van der Waals surface area contributed by atoms with Crippen LogP contribution in [-0.2, 0) is 0 Å². The van der Waals surface area contributed by atoms with Gasteiger partial charge in [-0.3, -0.25) is 0 Å².